The molecule has 0 radical (unpaired) electrons. The molecule has 4 heteroatoms. The van der Waals surface area contributed by atoms with Gasteiger partial charge in [0.2, 0.25) is 0 Å². The van der Waals surface area contributed by atoms with Gasteiger partial charge >= 0.3 is 5.97 Å². The first-order chi connectivity index (χ1) is 7.63. The molecule has 1 aromatic carbocycles. The molecule has 0 heterocycles. The molecule has 1 aromatic rings. The number of rotatable bonds is 6. The molecule has 0 bridgehead atoms. The number of aliphatic hydroxyl groups is 1. The minimum atomic E-state index is -0.943. The number of aliphatic carboxylic acids is 1. The number of benzene rings is 1. The first-order valence-electron chi connectivity index (χ1n) is 5.16. The molecule has 1 rings (SSSR count). The zero-order chi connectivity index (χ0) is 12.0. The molecule has 0 aliphatic carbocycles. The Balaban J connectivity index is 2.48. The Hall–Kier alpha value is -1.55. The lowest BCUT2D eigenvalue weighted by molar-refractivity contribution is -0.143. The van der Waals surface area contributed by atoms with Crippen LogP contribution in [0.5, 0.6) is 5.75 Å². The van der Waals surface area contributed by atoms with Crippen molar-refractivity contribution in [2.75, 3.05) is 13.2 Å². The second kappa shape index (κ2) is 6.12. The summed E-state index contributed by atoms with van der Waals surface area (Å²) in [6, 6.07) is 7.40. The van der Waals surface area contributed by atoms with Gasteiger partial charge in [0.15, 0.2) is 0 Å². The highest BCUT2D eigenvalue weighted by molar-refractivity contribution is 5.70. The van der Waals surface area contributed by atoms with Gasteiger partial charge in [0.25, 0.3) is 0 Å². The summed E-state index contributed by atoms with van der Waals surface area (Å²) in [5, 5.41) is 17.5. The monoisotopic (exact) mass is 224 g/mol. The zero-order valence-corrected chi connectivity index (χ0v) is 9.22. The van der Waals surface area contributed by atoms with Crippen molar-refractivity contribution in [3.63, 3.8) is 0 Å². The van der Waals surface area contributed by atoms with Crippen LogP contribution in [0.3, 0.4) is 0 Å². The van der Waals surface area contributed by atoms with E-state index in [9.17, 15) is 4.79 Å². The lowest BCUT2D eigenvalue weighted by Crippen LogP contribution is -2.22. The van der Waals surface area contributed by atoms with E-state index in [0.717, 1.165) is 5.56 Å². The van der Waals surface area contributed by atoms with Crippen LogP contribution in [0.2, 0.25) is 0 Å². The fourth-order valence-electron chi connectivity index (χ4n) is 1.27. The van der Waals surface area contributed by atoms with Crippen LogP contribution in [-0.2, 0) is 4.79 Å². The molecule has 0 saturated carbocycles. The van der Waals surface area contributed by atoms with Crippen LogP contribution in [0, 0.1) is 12.8 Å². The second-order valence-electron chi connectivity index (χ2n) is 3.67. The average Bonchev–Trinajstić information content (AvgIpc) is 2.26. The standard InChI is InChI=1S/C12H16O4/c1-9-2-4-11(5-3-9)16-8-10(6-7-13)12(14)15/h2-5,10,13H,6-8H2,1H3,(H,14,15). The molecule has 0 spiro atoms. The van der Waals surface area contributed by atoms with E-state index < -0.39 is 11.9 Å². The van der Waals surface area contributed by atoms with Gasteiger partial charge in [-0.25, -0.2) is 0 Å². The van der Waals surface area contributed by atoms with Gasteiger partial charge in [-0.2, -0.15) is 0 Å². The summed E-state index contributed by atoms with van der Waals surface area (Å²) >= 11 is 0. The quantitative estimate of drug-likeness (QED) is 0.767. The van der Waals surface area contributed by atoms with Gasteiger partial charge < -0.3 is 14.9 Å². The average molecular weight is 224 g/mol. The summed E-state index contributed by atoms with van der Waals surface area (Å²) in [7, 11) is 0. The zero-order valence-electron chi connectivity index (χ0n) is 9.22. The van der Waals surface area contributed by atoms with E-state index in [-0.39, 0.29) is 19.6 Å². The lowest BCUT2D eigenvalue weighted by atomic mass is 10.1. The highest BCUT2D eigenvalue weighted by Crippen LogP contribution is 2.13. The van der Waals surface area contributed by atoms with E-state index >= 15 is 0 Å². The highest BCUT2D eigenvalue weighted by Gasteiger charge is 2.17. The predicted octanol–water partition coefficient (Wildman–Crippen LogP) is 1.46. The molecular weight excluding hydrogens is 208 g/mol. The summed E-state index contributed by atoms with van der Waals surface area (Å²) < 4.78 is 5.35. The molecular formula is C12H16O4. The van der Waals surface area contributed by atoms with Crippen LogP contribution in [-0.4, -0.2) is 29.4 Å². The topological polar surface area (TPSA) is 66.8 Å². The maximum absolute atomic E-state index is 10.8. The van der Waals surface area contributed by atoms with Gasteiger partial charge in [-0.15, -0.1) is 0 Å². The van der Waals surface area contributed by atoms with E-state index in [4.69, 9.17) is 14.9 Å². The van der Waals surface area contributed by atoms with Gasteiger partial charge in [0.05, 0.1) is 5.92 Å². The minimum Gasteiger partial charge on any atom is -0.493 e. The smallest absolute Gasteiger partial charge is 0.310 e. The van der Waals surface area contributed by atoms with Crippen molar-refractivity contribution < 1.29 is 19.7 Å². The van der Waals surface area contributed by atoms with Gasteiger partial charge in [0.1, 0.15) is 12.4 Å². The van der Waals surface area contributed by atoms with Gasteiger partial charge in [-0.1, -0.05) is 17.7 Å². The normalized spacial score (nSPS) is 12.1. The molecule has 1 unspecified atom stereocenters. The van der Waals surface area contributed by atoms with Gasteiger partial charge in [-0.05, 0) is 25.5 Å². The number of aryl methyl sites for hydroxylation is 1. The van der Waals surface area contributed by atoms with E-state index in [2.05, 4.69) is 0 Å². The third-order valence-electron chi connectivity index (χ3n) is 2.30. The number of carboxylic acids is 1. The summed E-state index contributed by atoms with van der Waals surface area (Å²) in [5.74, 6) is -0.956. The highest BCUT2D eigenvalue weighted by atomic mass is 16.5. The van der Waals surface area contributed by atoms with Crippen LogP contribution in [0.25, 0.3) is 0 Å². The number of carbonyl (C=O) groups is 1. The lowest BCUT2D eigenvalue weighted by Gasteiger charge is -2.12. The van der Waals surface area contributed by atoms with Crippen LogP contribution in [0.15, 0.2) is 24.3 Å². The minimum absolute atomic E-state index is 0.0823. The first-order valence-corrected chi connectivity index (χ1v) is 5.16. The number of ether oxygens (including phenoxy) is 1. The van der Waals surface area contributed by atoms with E-state index in [0.29, 0.717) is 5.75 Å². The number of carboxylic acid groups (broad SMARTS) is 1. The Labute approximate surface area is 94.5 Å². The Kier molecular flexibility index (Phi) is 4.79. The van der Waals surface area contributed by atoms with Gasteiger partial charge in [0, 0.05) is 6.61 Å². The van der Waals surface area contributed by atoms with E-state index in [1.54, 1.807) is 12.1 Å². The second-order valence-corrected chi connectivity index (χ2v) is 3.67. The third kappa shape index (κ3) is 3.90. The summed E-state index contributed by atoms with van der Waals surface area (Å²) in [6.07, 6.45) is 0.210. The fraction of sp³-hybridized carbons (Fsp3) is 0.417. The maximum Gasteiger partial charge on any atom is 0.310 e. The van der Waals surface area contributed by atoms with Crippen LogP contribution in [0.4, 0.5) is 0 Å². The van der Waals surface area contributed by atoms with Crippen molar-refractivity contribution in [2.24, 2.45) is 5.92 Å². The Bertz CT molecular complexity index is 331. The Morgan fingerprint density at radius 1 is 1.38 bits per heavy atom. The van der Waals surface area contributed by atoms with Crippen LogP contribution in [0.1, 0.15) is 12.0 Å². The van der Waals surface area contributed by atoms with E-state index in [1.165, 1.54) is 0 Å². The van der Waals surface area contributed by atoms with Crippen molar-refractivity contribution >= 4 is 5.97 Å². The van der Waals surface area contributed by atoms with Crippen molar-refractivity contribution in [3.05, 3.63) is 29.8 Å². The summed E-state index contributed by atoms with van der Waals surface area (Å²) in [4.78, 5) is 10.8. The molecule has 0 aliphatic heterocycles. The number of aliphatic hydroxyl groups excluding tert-OH is 1. The van der Waals surface area contributed by atoms with Crippen molar-refractivity contribution in [1.29, 1.82) is 0 Å². The van der Waals surface area contributed by atoms with E-state index in [1.807, 2.05) is 19.1 Å². The molecule has 0 amide bonds. The summed E-state index contributed by atoms with van der Waals surface area (Å²) in [5.41, 5.74) is 1.12. The molecule has 0 aromatic heterocycles. The number of hydrogen-bond acceptors (Lipinski definition) is 3. The first kappa shape index (κ1) is 12.5. The third-order valence-corrected chi connectivity index (χ3v) is 2.30. The largest absolute Gasteiger partial charge is 0.493 e. The molecule has 88 valence electrons. The molecule has 1 atom stereocenters. The Morgan fingerprint density at radius 3 is 2.50 bits per heavy atom. The van der Waals surface area contributed by atoms with Gasteiger partial charge in [-0.3, -0.25) is 4.79 Å². The van der Waals surface area contributed by atoms with Crippen LogP contribution < -0.4 is 4.74 Å². The molecule has 16 heavy (non-hydrogen) atoms. The van der Waals surface area contributed by atoms with Crippen molar-refractivity contribution in [1.82, 2.24) is 0 Å². The molecule has 0 aliphatic rings. The molecule has 0 fully saturated rings. The van der Waals surface area contributed by atoms with Crippen molar-refractivity contribution in [3.8, 4) is 5.75 Å². The fourth-order valence-corrected chi connectivity index (χ4v) is 1.27. The van der Waals surface area contributed by atoms with Crippen LogP contribution >= 0.6 is 0 Å². The number of hydrogen-bond donors (Lipinski definition) is 2. The molecule has 2 N–H and O–H groups in total. The summed E-state index contributed by atoms with van der Waals surface area (Å²) in [6.45, 7) is 1.91. The van der Waals surface area contributed by atoms with Crippen molar-refractivity contribution in [2.45, 2.75) is 13.3 Å². The molecule has 4 nitrogen and oxygen atoms in total. The maximum atomic E-state index is 10.8. The Morgan fingerprint density at radius 2 is 2.00 bits per heavy atom. The SMILES string of the molecule is Cc1ccc(OCC(CCO)C(=O)O)cc1. The predicted molar refractivity (Wildman–Crippen MR) is 59.5 cm³/mol. The molecule has 0 saturated heterocycles.